The highest BCUT2D eigenvalue weighted by molar-refractivity contribution is 7.19. The predicted molar refractivity (Wildman–Crippen MR) is 128 cm³/mol. The molecule has 174 valence electrons. The number of aliphatic hydroxyl groups excluding tert-OH is 1. The lowest BCUT2D eigenvalue weighted by atomic mass is 10.0. The number of fused-ring (bicyclic) bond motifs is 1. The minimum Gasteiger partial charge on any atom is -0.384 e. The Kier molecular flexibility index (Phi) is 7.12. The minimum absolute atomic E-state index is 0.277. The molecule has 9 heteroatoms. The second kappa shape index (κ2) is 10.2. The molecule has 0 amide bonds. The Bertz CT molecular complexity index is 1340. The number of rotatable bonds is 6. The van der Waals surface area contributed by atoms with E-state index in [1.165, 1.54) is 23.5 Å². The van der Waals surface area contributed by atoms with Crippen LogP contribution in [-0.4, -0.2) is 34.3 Å². The zero-order valence-electron chi connectivity index (χ0n) is 17.9. The number of halogens is 3. The first-order valence-corrected chi connectivity index (χ1v) is 11.3. The van der Waals surface area contributed by atoms with E-state index in [0.717, 1.165) is 38.9 Å². The number of aromatic nitrogens is 2. The van der Waals surface area contributed by atoms with Crippen molar-refractivity contribution >= 4 is 27.2 Å². The number of alkyl halides is 3. The molecule has 34 heavy (non-hydrogen) atoms. The molecule has 0 spiro atoms. The maximum absolute atomic E-state index is 12.7. The lowest BCUT2D eigenvalue weighted by molar-refractivity contribution is -0.137. The molecule has 0 aliphatic heterocycles. The third-order valence-corrected chi connectivity index (χ3v) is 6.17. The van der Waals surface area contributed by atoms with Crippen molar-refractivity contribution in [3.63, 3.8) is 0 Å². The van der Waals surface area contributed by atoms with Crippen molar-refractivity contribution in [1.82, 2.24) is 9.97 Å². The van der Waals surface area contributed by atoms with Gasteiger partial charge in [0, 0.05) is 30.4 Å². The van der Waals surface area contributed by atoms with Crippen molar-refractivity contribution in [3.8, 4) is 22.3 Å². The predicted octanol–water partition coefficient (Wildman–Crippen LogP) is 4.70. The van der Waals surface area contributed by atoms with Gasteiger partial charge in [-0.25, -0.2) is 4.98 Å². The number of thiazole rings is 1. The number of nitrogens with zero attached hydrogens (tertiary/aromatic N) is 2. The molecule has 0 unspecified atom stereocenters. The van der Waals surface area contributed by atoms with Gasteiger partial charge in [-0.3, -0.25) is 4.98 Å². The van der Waals surface area contributed by atoms with E-state index in [2.05, 4.69) is 27.1 Å². The van der Waals surface area contributed by atoms with Crippen molar-refractivity contribution < 1.29 is 18.3 Å². The number of anilines is 1. The highest BCUT2D eigenvalue weighted by atomic mass is 32.1. The highest BCUT2D eigenvalue weighted by Gasteiger charge is 2.29. The minimum atomic E-state index is -4.36. The summed E-state index contributed by atoms with van der Waals surface area (Å²) in [5, 5.41) is 15.0. The summed E-state index contributed by atoms with van der Waals surface area (Å²) in [5.74, 6) is 5.54. The second-order valence-electron chi connectivity index (χ2n) is 7.63. The van der Waals surface area contributed by atoms with Crippen LogP contribution in [0.4, 0.5) is 18.3 Å². The zero-order valence-corrected chi connectivity index (χ0v) is 18.7. The molecule has 0 aliphatic rings. The molecule has 1 atom stereocenters. The molecule has 0 aliphatic carbocycles. The molecule has 2 aromatic heterocycles. The highest BCUT2D eigenvalue weighted by Crippen LogP contribution is 2.34. The Labute approximate surface area is 198 Å². The number of hydrogen-bond acceptors (Lipinski definition) is 6. The van der Waals surface area contributed by atoms with Crippen molar-refractivity contribution in [1.29, 1.82) is 0 Å². The number of aliphatic hydroxyl groups is 1. The Morgan fingerprint density at radius 1 is 1.09 bits per heavy atom. The summed E-state index contributed by atoms with van der Waals surface area (Å²) in [4.78, 5) is 9.54. The molecule has 2 heterocycles. The molecule has 4 aromatic rings. The van der Waals surface area contributed by atoms with Crippen LogP contribution in [-0.2, 0) is 12.6 Å². The van der Waals surface area contributed by atoms with Crippen molar-refractivity contribution in [2.75, 3.05) is 18.5 Å². The largest absolute Gasteiger partial charge is 0.416 e. The van der Waals surface area contributed by atoms with Crippen molar-refractivity contribution in [2.45, 2.75) is 18.6 Å². The average molecular weight is 483 g/mol. The number of nitrogens with one attached hydrogen (secondary N) is 1. The molecule has 0 bridgehead atoms. The molecule has 0 fully saturated rings. The van der Waals surface area contributed by atoms with Gasteiger partial charge in [0.2, 0.25) is 0 Å². The standard InChI is InChI=1S/C25H21F3N4OS/c26-25(27,28)20-7-3-16(4-8-20)12-21(29)15-31-24-32-22(2-1-11-33)23(34-24)18-5-6-19-14-30-10-9-17(19)13-18/h3-10,13-14,21,33H,11-12,15,29H2,(H,31,32)/t21-/m1/s1. The van der Waals surface area contributed by atoms with E-state index < -0.39 is 11.7 Å². The van der Waals surface area contributed by atoms with E-state index in [1.807, 2.05) is 24.3 Å². The van der Waals surface area contributed by atoms with Crippen LogP contribution in [0.2, 0.25) is 0 Å². The van der Waals surface area contributed by atoms with E-state index in [1.54, 1.807) is 12.4 Å². The third kappa shape index (κ3) is 5.72. The molecular weight excluding hydrogens is 461 g/mol. The van der Waals surface area contributed by atoms with Crippen LogP contribution >= 0.6 is 11.3 Å². The third-order valence-electron chi connectivity index (χ3n) is 5.11. The first-order chi connectivity index (χ1) is 16.3. The van der Waals surface area contributed by atoms with Gasteiger partial charge >= 0.3 is 6.18 Å². The quantitative estimate of drug-likeness (QED) is 0.347. The molecule has 4 N–H and O–H groups in total. The van der Waals surface area contributed by atoms with Crippen molar-refractivity contribution in [3.05, 3.63) is 77.7 Å². The van der Waals surface area contributed by atoms with Crippen LogP contribution in [0, 0.1) is 11.8 Å². The van der Waals surface area contributed by atoms with Crippen LogP contribution < -0.4 is 11.1 Å². The Morgan fingerprint density at radius 2 is 1.88 bits per heavy atom. The van der Waals surface area contributed by atoms with Gasteiger partial charge in [-0.1, -0.05) is 41.5 Å². The molecule has 0 radical (unpaired) electrons. The second-order valence-corrected chi connectivity index (χ2v) is 8.63. The maximum atomic E-state index is 12.7. The fourth-order valence-electron chi connectivity index (χ4n) is 3.45. The lowest BCUT2D eigenvalue weighted by Crippen LogP contribution is -2.31. The van der Waals surface area contributed by atoms with Crippen LogP contribution in [0.3, 0.4) is 0 Å². The van der Waals surface area contributed by atoms with E-state index in [0.29, 0.717) is 23.8 Å². The number of nitrogens with two attached hydrogens (primary N) is 1. The molecule has 0 saturated heterocycles. The van der Waals surface area contributed by atoms with Crippen LogP contribution in [0.5, 0.6) is 0 Å². The maximum Gasteiger partial charge on any atom is 0.416 e. The summed E-state index contributed by atoms with van der Waals surface area (Å²) in [6.45, 7) is 0.103. The summed E-state index contributed by atoms with van der Waals surface area (Å²) < 4.78 is 38.2. The Morgan fingerprint density at radius 3 is 2.62 bits per heavy atom. The van der Waals surface area contributed by atoms with E-state index in [9.17, 15) is 13.2 Å². The van der Waals surface area contributed by atoms with E-state index in [4.69, 9.17) is 10.8 Å². The van der Waals surface area contributed by atoms with E-state index >= 15 is 0 Å². The van der Waals surface area contributed by atoms with Crippen LogP contribution in [0.15, 0.2) is 60.9 Å². The summed E-state index contributed by atoms with van der Waals surface area (Å²) >= 11 is 1.42. The van der Waals surface area contributed by atoms with Gasteiger partial charge in [-0.05, 0) is 53.1 Å². The van der Waals surface area contributed by atoms with Gasteiger partial charge in [0.1, 0.15) is 12.3 Å². The number of pyridine rings is 1. The molecule has 2 aromatic carbocycles. The monoisotopic (exact) mass is 482 g/mol. The molecule has 4 rings (SSSR count). The molecule has 5 nitrogen and oxygen atoms in total. The van der Waals surface area contributed by atoms with Gasteiger partial charge in [0.25, 0.3) is 0 Å². The SMILES string of the molecule is N[C@@H](CNc1nc(C#CCO)c(-c2ccc3cnccc3c2)s1)Cc1ccc(C(F)(F)F)cc1. The Hall–Kier alpha value is -3.45. The molecule has 0 saturated carbocycles. The van der Waals surface area contributed by atoms with Gasteiger partial charge in [-0.15, -0.1) is 0 Å². The summed E-state index contributed by atoms with van der Waals surface area (Å²) in [6, 6.07) is 12.6. The van der Waals surface area contributed by atoms with Crippen LogP contribution in [0.25, 0.3) is 21.2 Å². The first-order valence-electron chi connectivity index (χ1n) is 10.4. The topological polar surface area (TPSA) is 84.1 Å². The van der Waals surface area contributed by atoms with Gasteiger partial charge in [-0.2, -0.15) is 13.2 Å². The van der Waals surface area contributed by atoms with Gasteiger partial charge in [0.15, 0.2) is 5.13 Å². The summed E-state index contributed by atoms with van der Waals surface area (Å²) in [5.41, 5.74) is 7.74. The summed E-state index contributed by atoms with van der Waals surface area (Å²) in [7, 11) is 0. The lowest BCUT2D eigenvalue weighted by Gasteiger charge is -2.13. The number of hydrogen-bond donors (Lipinski definition) is 3. The average Bonchev–Trinajstić information content (AvgIpc) is 3.24. The normalized spacial score (nSPS) is 12.3. The fraction of sp³-hybridized carbons (Fsp3) is 0.200. The molecular formula is C25H21F3N4OS. The summed E-state index contributed by atoms with van der Waals surface area (Å²) in [6.07, 6.45) is -0.415. The zero-order chi connectivity index (χ0) is 24.1. The fourth-order valence-corrected chi connectivity index (χ4v) is 4.37. The number of benzene rings is 2. The Balaban J connectivity index is 1.48. The van der Waals surface area contributed by atoms with Gasteiger partial charge < -0.3 is 16.2 Å². The first kappa shape index (κ1) is 23.7. The van der Waals surface area contributed by atoms with Gasteiger partial charge in [0.05, 0.1) is 10.4 Å². The smallest absolute Gasteiger partial charge is 0.384 e. The van der Waals surface area contributed by atoms with Crippen LogP contribution in [0.1, 0.15) is 16.8 Å². The van der Waals surface area contributed by atoms with E-state index in [-0.39, 0.29) is 12.6 Å². The van der Waals surface area contributed by atoms with Crippen molar-refractivity contribution in [2.24, 2.45) is 5.73 Å².